The average Bonchev–Trinajstić information content (AvgIpc) is 2.55. The summed E-state index contributed by atoms with van der Waals surface area (Å²) in [6.45, 7) is 1.58. The first-order valence-corrected chi connectivity index (χ1v) is 8.94. The number of hydrogen-bond donors (Lipinski definition) is 2. The summed E-state index contributed by atoms with van der Waals surface area (Å²) >= 11 is 0. The summed E-state index contributed by atoms with van der Waals surface area (Å²) in [6.07, 6.45) is 0.966. The molecular formula is C15H19FN2O5S. The lowest BCUT2D eigenvalue weighted by Gasteiger charge is -2.31. The molecule has 0 radical (unpaired) electrons. The summed E-state index contributed by atoms with van der Waals surface area (Å²) in [5, 5.41) is 11.2. The minimum atomic E-state index is -3.82. The minimum Gasteiger partial charge on any atom is -0.480 e. The normalized spacial score (nSPS) is 20.3. The van der Waals surface area contributed by atoms with Gasteiger partial charge in [-0.25, -0.2) is 12.8 Å². The van der Waals surface area contributed by atoms with E-state index in [9.17, 15) is 22.4 Å². The Bertz CT molecular complexity index is 720. The molecule has 1 aliphatic rings. The first kappa shape index (κ1) is 18.3. The van der Waals surface area contributed by atoms with Crippen molar-refractivity contribution in [3.05, 3.63) is 30.1 Å². The van der Waals surface area contributed by atoms with Gasteiger partial charge in [0.1, 0.15) is 11.9 Å². The molecule has 1 fully saturated rings. The van der Waals surface area contributed by atoms with E-state index in [2.05, 4.69) is 5.32 Å². The quantitative estimate of drug-likeness (QED) is 0.811. The summed E-state index contributed by atoms with van der Waals surface area (Å²) in [7, 11) is -3.82. The van der Waals surface area contributed by atoms with Gasteiger partial charge in [0, 0.05) is 13.1 Å². The molecule has 1 aromatic carbocycles. The van der Waals surface area contributed by atoms with Crippen molar-refractivity contribution in [3.8, 4) is 0 Å². The summed E-state index contributed by atoms with van der Waals surface area (Å²) in [5.41, 5.74) is 0. The predicted molar refractivity (Wildman–Crippen MR) is 83.1 cm³/mol. The van der Waals surface area contributed by atoms with Crippen molar-refractivity contribution in [2.24, 2.45) is 5.92 Å². The molecule has 1 amide bonds. The summed E-state index contributed by atoms with van der Waals surface area (Å²) < 4.78 is 39.3. The number of piperidine rings is 1. The number of carboxylic acids is 1. The van der Waals surface area contributed by atoms with Crippen LogP contribution in [0.4, 0.5) is 4.39 Å². The first-order valence-electron chi connectivity index (χ1n) is 7.50. The zero-order valence-corrected chi connectivity index (χ0v) is 13.9. The molecule has 24 heavy (non-hydrogen) atoms. The number of halogens is 1. The van der Waals surface area contributed by atoms with Gasteiger partial charge >= 0.3 is 5.97 Å². The lowest BCUT2D eigenvalue weighted by atomic mass is 9.98. The molecule has 0 unspecified atom stereocenters. The summed E-state index contributed by atoms with van der Waals surface area (Å²) in [5.74, 6) is -2.79. The molecule has 132 valence electrons. The Hall–Kier alpha value is -2.00. The fraction of sp³-hybridized carbons (Fsp3) is 0.467. The molecule has 0 saturated carbocycles. The van der Waals surface area contributed by atoms with Gasteiger partial charge in [-0.15, -0.1) is 0 Å². The van der Waals surface area contributed by atoms with Gasteiger partial charge in [0.15, 0.2) is 0 Å². The summed E-state index contributed by atoms with van der Waals surface area (Å²) in [4.78, 5) is 22.9. The van der Waals surface area contributed by atoms with E-state index in [-0.39, 0.29) is 18.0 Å². The standard InChI is InChI=1S/C15H19FN2O5S/c1-10(15(20)21)17-14(19)11-3-2-8-18(9-11)24(22,23)13-6-4-12(16)5-7-13/h4-7,10-11H,2-3,8-9H2,1H3,(H,17,19)(H,20,21)/t10-,11-/m0/s1. The third kappa shape index (κ3) is 4.09. The maximum atomic E-state index is 13.0. The number of rotatable bonds is 5. The van der Waals surface area contributed by atoms with Crippen LogP contribution in [-0.2, 0) is 19.6 Å². The van der Waals surface area contributed by atoms with Gasteiger partial charge in [0.05, 0.1) is 10.8 Å². The Morgan fingerprint density at radius 1 is 1.33 bits per heavy atom. The van der Waals surface area contributed by atoms with Crippen molar-refractivity contribution in [2.75, 3.05) is 13.1 Å². The Balaban J connectivity index is 2.11. The first-order chi connectivity index (χ1) is 11.2. The summed E-state index contributed by atoms with van der Waals surface area (Å²) in [6, 6.07) is 3.45. The van der Waals surface area contributed by atoms with Crippen LogP contribution in [0.3, 0.4) is 0 Å². The van der Waals surface area contributed by atoms with E-state index in [4.69, 9.17) is 5.11 Å². The molecule has 0 aliphatic carbocycles. The van der Waals surface area contributed by atoms with Crippen LogP contribution in [0.25, 0.3) is 0 Å². The highest BCUT2D eigenvalue weighted by Gasteiger charge is 2.34. The fourth-order valence-electron chi connectivity index (χ4n) is 2.52. The van der Waals surface area contributed by atoms with E-state index in [0.717, 1.165) is 12.1 Å². The van der Waals surface area contributed by atoms with Gasteiger partial charge in [0.2, 0.25) is 15.9 Å². The Morgan fingerprint density at radius 2 is 1.96 bits per heavy atom. The monoisotopic (exact) mass is 358 g/mol. The van der Waals surface area contributed by atoms with Crippen molar-refractivity contribution >= 4 is 21.9 Å². The number of aliphatic carboxylic acids is 1. The molecule has 2 rings (SSSR count). The van der Waals surface area contributed by atoms with Crippen molar-refractivity contribution in [3.63, 3.8) is 0 Å². The molecule has 1 saturated heterocycles. The maximum Gasteiger partial charge on any atom is 0.325 e. The second-order valence-electron chi connectivity index (χ2n) is 5.72. The van der Waals surface area contributed by atoms with Gasteiger partial charge < -0.3 is 10.4 Å². The van der Waals surface area contributed by atoms with E-state index < -0.39 is 39.7 Å². The van der Waals surface area contributed by atoms with Gasteiger partial charge in [-0.2, -0.15) is 4.31 Å². The molecule has 1 aliphatic heterocycles. The number of nitrogens with one attached hydrogen (secondary N) is 1. The Morgan fingerprint density at radius 3 is 2.54 bits per heavy atom. The highest BCUT2D eigenvalue weighted by molar-refractivity contribution is 7.89. The Labute approximate surface area is 139 Å². The van der Waals surface area contributed by atoms with E-state index in [0.29, 0.717) is 12.8 Å². The van der Waals surface area contributed by atoms with E-state index in [1.807, 2.05) is 0 Å². The number of amides is 1. The van der Waals surface area contributed by atoms with E-state index in [1.54, 1.807) is 0 Å². The highest BCUT2D eigenvalue weighted by Crippen LogP contribution is 2.24. The molecule has 2 N–H and O–H groups in total. The molecule has 1 aromatic rings. The third-order valence-corrected chi connectivity index (χ3v) is 5.81. The number of carbonyl (C=O) groups is 2. The molecule has 0 aromatic heterocycles. The number of carboxylic acid groups (broad SMARTS) is 1. The van der Waals surface area contributed by atoms with Crippen molar-refractivity contribution in [2.45, 2.75) is 30.7 Å². The number of hydrogen-bond acceptors (Lipinski definition) is 4. The molecule has 2 atom stereocenters. The average molecular weight is 358 g/mol. The van der Waals surface area contributed by atoms with Gasteiger partial charge in [-0.05, 0) is 44.0 Å². The number of sulfonamides is 1. The lowest BCUT2D eigenvalue weighted by Crippen LogP contribution is -2.48. The third-order valence-electron chi connectivity index (χ3n) is 3.94. The number of nitrogens with zero attached hydrogens (tertiary/aromatic N) is 1. The van der Waals surface area contributed by atoms with Crippen molar-refractivity contribution in [1.82, 2.24) is 9.62 Å². The van der Waals surface area contributed by atoms with E-state index in [1.165, 1.54) is 23.4 Å². The van der Waals surface area contributed by atoms with Crippen molar-refractivity contribution in [1.29, 1.82) is 0 Å². The van der Waals surface area contributed by atoms with Crippen molar-refractivity contribution < 1.29 is 27.5 Å². The van der Waals surface area contributed by atoms with Crippen LogP contribution >= 0.6 is 0 Å². The number of benzene rings is 1. The van der Waals surface area contributed by atoms with Gasteiger partial charge in [0.25, 0.3) is 0 Å². The topological polar surface area (TPSA) is 104 Å². The molecule has 9 heteroatoms. The fourth-order valence-corrected chi connectivity index (χ4v) is 4.05. The predicted octanol–water partition coefficient (Wildman–Crippen LogP) is 0.816. The van der Waals surface area contributed by atoms with Crippen LogP contribution in [0.2, 0.25) is 0 Å². The highest BCUT2D eigenvalue weighted by atomic mass is 32.2. The second kappa shape index (κ2) is 7.27. The Kier molecular flexibility index (Phi) is 5.55. The molecule has 7 nitrogen and oxygen atoms in total. The zero-order valence-electron chi connectivity index (χ0n) is 13.1. The lowest BCUT2D eigenvalue weighted by molar-refractivity contribution is -0.142. The van der Waals surface area contributed by atoms with Crippen LogP contribution < -0.4 is 5.32 Å². The van der Waals surface area contributed by atoms with E-state index >= 15 is 0 Å². The van der Waals surface area contributed by atoms with Crippen LogP contribution in [0.15, 0.2) is 29.2 Å². The van der Waals surface area contributed by atoms with Crippen LogP contribution in [0.5, 0.6) is 0 Å². The minimum absolute atomic E-state index is 0.0299. The zero-order chi connectivity index (χ0) is 17.9. The number of carbonyl (C=O) groups excluding carboxylic acids is 1. The SMILES string of the molecule is C[C@H](NC(=O)[C@H]1CCCN(S(=O)(=O)c2ccc(F)cc2)C1)C(=O)O. The van der Waals surface area contributed by atoms with Crippen LogP contribution in [-0.4, -0.2) is 48.8 Å². The van der Waals surface area contributed by atoms with Gasteiger partial charge in [-0.3, -0.25) is 9.59 Å². The van der Waals surface area contributed by atoms with Gasteiger partial charge in [-0.1, -0.05) is 0 Å². The van der Waals surface area contributed by atoms with Crippen LogP contribution in [0.1, 0.15) is 19.8 Å². The molecular weight excluding hydrogens is 339 g/mol. The molecule has 0 bridgehead atoms. The molecule has 0 spiro atoms. The smallest absolute Gasteiger partial charge is 0.325 e. The second-order valence-corrected chi connectivity index (χ2v) is 7.66. The maximum absolute atomic E-state index is 13.0. The largest absolute Gasteiger partial charge is 0.480 e. The molecule has 1 heterocycles. The van der Waals surface area contributed by atoms with Crippen LogP contribution in [0, 0.1) is 11.7 Å².